The first kappa shape index (κ1) is 24.2. The molecule has 1 aliphatic heterocycles. The number of amides is 1. The minimum atomic E-state index is 0.0478. The number of anilines is 1. The molecule has 0 radical (unpaired) electrons. The lowest BCUT2D eigenvalue weighted by Crippen LogP contribution is -2.50. The van der Waals surface area contributed by atoms with Crippen LogP contribution in [-0.4, -0.2) is 62.7 Å². The second-order valence-corrected chi connectivity index (χ2v) is 8.80. The van der Waals surface area contributed by atoms with Crippen LogP contribution >= 0.6 is 0 Å². The van der Waals surface area contributed by atoms with Gasteiger partial charge < -0.3 is 20.7 Å². The van der Waals surface area contributed by atoms with Crippen LogP contribution in [-0.2, 0) is 16.1 Å². The van der Waals surface area contributed by atoms with Crippen molar-refractivity contribution in [1.29, 1.82) is 0 Å². The summed E-state index contributed by atoms with van der Waals surface area (Å²) in [5, 5.41) is 9.67. The van der Waals surface area contributed by atoms with E-state index in [2.05, 4.69) is 39.7 Å². The Morgan fingerprint density at radius 2 is 2.03 bits per heavy atom. The van der Waals surface area contributed by atoms with Gasteiger partial charge in [-0.1, -0.05) is 39.8 Å². The lowest BCUT2D eigenvalue weighted by Gasteiger charge is -2.34. The summed E-state index contributed by atoms with van der Waals surface area (Å²) < 4.78 is 5.90. The Morgan fingerprint density at radius 3 is 2.73 bits per heavy atom. The van der Waals surface area contributed by atoms with Crippen LogP contribution in [0.25, 0.3) is 0 Å². The molecule has 7 heteroatoms. The zero-order chi connectivity index (χ0) is 21.9. The predicted octanol–water partition coefficient (Wildman–Crippen LogP) is 2.69. The maximum absolute atomic E-state index is 12.0. The van der Waals surface area contributed by atoms with Gasteiger partial charge in [0.05, 0.1) is 12.7 Å². The first-order valence-electron chi connectivity index (χ1n) is 11.0. The zero-order valence-electron chi connectivity index (χ0n) is 19.2. The number of nitrogens with zero attached hydrogens (tertiary/aromatic N) is 2. The molecule has 1 aliphatic rings. The third-order valence-corrected chi connectivity index (χ3v) is 4.83. The average molecular weight is 418 g/mol. The van der Waals surface area contributed by atoms with Crippen LogP contribution in [0.5, 0.6) is 0 Å². The molecule has 1 aromatic carbocycles. The lowest BCUT2D eigenvalue weighted by molar-refractivity contribution is -0.116. The first-order valence-corrected chi connectivity index (χ1v) is 11.0. The monoisotopic (exact) mass is 417 g/mol. The molecular weight excluding hydrogens is 378 g/mol. The third kappa shape index (κ3) is 9.13. The molecule has 0 saturated carbocycles. The summed E-state index contributed by atoms with van der Waals surface area (Å²) in [7, 11) is 1.77. The van der Waals surface area contributed by atoms with Gasteiger partial charge in [0, 0.05) is 51.9 Å². The minimum Gasteiger partial charge on any atom is -0.374 e. The van der Waals surface area contributed by atoms with E-state index in [-0.39, 0.29) is 12.0 Å². The van der Waals surface area contributed by atoms with Crippen LogP contribution < -0.4 is 16.0 Å². The number of ether oxygens (including phenoxy) is 1. The van der Waals surface area contributed by atoms with E-state index in [1.54, 1.807) is 7.05 Å². The van der Waals surface area contributed by atoms with Gasteiger partial charge in [-0.15, -0.1) is 0 Å². The van der Waals surface area contributed by atoms with Gasteiger partial charge in [0.2, 0.25) is 5.91 Å². The number of carbonyl (C=O) groups is 1. The Balaban J connectivity index is 1.78. The topological polar surface area (TPSA) is 78.0 Å². The van der Waals surface area contributed by atoms with Gasteiger partial charge in [0.25, 0.3) is 0 Å². The summed E-state index contributed by atoms with van der Waals surface area (Å²) in [5.74, 6) is 1.80. The van der Waals surface area contributed by atoms with Crippen LogP contribution in [0, 0.1) is 11.8 Å². The fourth-order valence-corrected chi connectivity index (χ4v) is 3.54. The van der Waals surface area contributed by atoms with Gasteiger partial charge in [-0.25, -0.2) is 0 Å². The molecule has 1 unspecified atom stereocenters. The summed E-state index contributed by atoms with van der Waals surface area (Å²) in [6.45, 7) is 13.8. The Morgan fingerprint density at radius 1 is 1.23 bits per heavy atom. The highest BCUT2D eigenvalue weighted by Crippen LogP contribution is 2.12. The molecule has 1 aromatic rings. The highest BCUT2D eigenvalue weighted by molar-refractivity contribution is 5.90. The molecule has 1 amide bonds. The van der Waals surface area contributed by atoms with E-state index in [0.29, 0.717) is 24.8 Å². The number of carbonyl (C=O) groups excluding carboxylic acids is 1. The van der Waals surface area contributed by atoms with Crippen molar-refractivity contribution >= 4 is 17.6 Å². The molecule has 0 bridgehead atoms. The van der Waals surface area contributed by atoms with Gasteiger partial charge in [-0.3, -0.25) is 14.7 Å². The van der Waals surface area contributed by atoms with Gasteiger partial charge in [0.15, 0.2) is 5.96 Å². The normalized spacial score (nSPS) is 18.0. The van der Waals surface area contributed by atoms with E-state index in [4.69, 9.17) is 4.74 Å². The Hall–Kier alpha value is -2.12. The van der Waals surface area contributed by atoms with Crippen molar-refractivity contribution in [2.75, 3.05) is 45.2 Å². The highest BCUT2D eigenvalue weighted by atomic mass is 16.5. The summed E-state index contributed by atoms with van der Waals surface area (Å²) in [6, 6.07) is 7.90. The molecule has 1 saturated heterocycles. The van der Waals surface area contributed by atoms with E-state index in [1.807, 2.05) is 38.1 Å². The molecule has 0 aromatic heterocycles. The number of hydrogen-bond donors (Lipinski definition) is 3. The van der Waals surface area contributed by atoms with Crippen molar-refractivity contribution in [1.82, 2.24) is 15.5 Å². The smallest absolute Gasteiger partial charge is 0.224 e. The number of benzene rings is 1. The lowest BCUT2D eigenvalue weighted by atomic mass is 10.1. The zero-order valence-corrected chi connectivity index (χ0v) is 19.2. The van der Waals surface area contributed by atoms with Crippen molar-refractivity contribution in [3.63, 3.8) is 0 Å². The third-order valence-electron chi connectivity index (χ3n) is 4.83. The van der Waals surface area contributed by atoms with Crippen molar-refractivity contribution in [2.45, 2.75) is 46.8 Å². The molecule has 0 spiro atoms. The van der Waals surface area contributed by atoms with Crippen LogP contribution in [0.1, 0.15) is 39.7 Å². The molecule has 168 valence electrons. The second-order valence-electron chi connectivity index (χ2n) is 8.80. The fourth-order valence-electron chi connectivity index (χ4n) is 3.54. The van der Waals surface area contributed by atoms with Gasteiger partial charge >= 0.3 is 0 Å². The molecule has 1 fully saturated rings. The van der Waals surface area contributed by atoms with Crippen LogP contribution in [0.4, 0.5) is 5.69 Å². The van der Waals surface area contributed by atoms with Crippen molar-refractivity contribution in [3.05, 3.63) is 29.8 Å². The number of rotatable bonds is 9. The molecule has 1 heterocycles. The average Bonchev–Trinajstić information content (AvgIpc) is 2.67. The Labute approximate surface area is 181 Å². The molecule has 1 atom stereocenters. The molecule has 0 aliphatic carbocycles. The van der Waals surface area contributed by atoms with E-state index in [0.717, 1.165) is 50.0 Å². The minimum absolute atomic E-state index is 0.0478. The second kappa shape index (κ2) is 12.5. The van der Waals surface area contributed by atoms with Gasteiger partial charge in [-0.05, 0) is 29.5 Å². The van der Waals surface area contributed by atoms with Crippen molar-refractivity contribution in [2.24, 2.45) is 16.8 Å². The quantitative estimate of drug-likeness (QED) is 0.425. The number of nitrogens with one attached hydrogen (secondary N) is 3. The molecule has 7 nitrogen and oxygen atoms in total. The standard InChI is InChI=1S/C23H39N5O2/c1-17(2)11-22(29)27-20-8-6-7-19(12-20)13-25-23(24-5)26-14-21-16-28(9-10-30-21)15-18(3)4/h6-8,12,17-18,21H,9-11,13-16H2,1-5H3,(H,27,29)(H2,24,25,26). The van der Waals surface area contributed by atoms with Crippen LogP contribution in [0.15, 0.2) is 29.3 Å². The Bertz CT molecular complexity index is 690. The summed E-state index contributed by atoms with van der Waals surface area (Å²) >= 11 is 0. The van der Waals surface area contributed by atoms with Crippen LogP contribution in [0.3, 0.4) is 0 Å². The number of morpholine rings is 1. The highest BCUT2D eigenvalue weighted by Gasteiger charge is 2.21. The maximum Gasteiger partial charge on any atom is 0.224 e. The SMILES string of the molecule is CN=C(NCc1cccc(NC(=O)CC(C)C)c1)NCC1CN(CC(C)C)CCO1. The van der Waals surface area contributed by atoms with Gasteiger partial charge in [0.1, 0.15) is 0 Å². The Kier molecular flexibility index (Phi) is 10.1. The maximum atomic E-state index is 12.0. The summed E-state index contributed by atoms with van der Waals surface area (Å²) in [4.78, 5) is 18.8. The predicted molar refractivity (Wildman–Crippen MR) is 124 cm³/mol. The van der Waals surface area contributed by atoms with Gasteiger partial charge in [-0.2, -0.15) is 0 Å². The largest absolute Gasteiger partial charge is 0.374 e. The fraction of sp³-hybridized carbons (Fsp3) is 0.652. The van der Waals surface area contributed by atoms with Crippen LogP contribution in [0.2, 0.25) is 0 Å². The van der Waals surface area contributed by atoms with E-state index in [1.165, 1.54) is 0 Å². The summed E-state index contributed by atoms with van der Waals surface area (Å²) in [6.07, 6.45) is 0.687. The summed E-state index contributed by atoms with van der Waals surface area (Å²) in [5.41, 5.74) is 1.90. The molecular formula is C23H39N5O2. The molecule has 30 heavy (non-hydrogen) atoms. The molecule has 2 rings (SSSR count). The number of hydrogen-bond acceptors (Lipinski definition) is 4. The van der Waals surface area contributed by atoms with Crippen molar-refractivity contribution in [3.8, 4) is 0 Å². The van der Waals surface area contributed by atoms with E-state index in [9.17, 15) is 4.79 Å². The van der Waals surface area contributed by atoms with E-state index >= 15 is 0 Å². The number of guanidine groups is 1. The van der Waals surface area contributed by atoms with E-state index < -0.39 is 0 Å². The number of aliphatic imine (C=N–C) groups is 1. The van der Waals surface area contributed by atoms with Crippen molar-refractivity contribution < 1.29 is 9.53 Å². The first-order chi connectivity index (χ1) is 14.4. The molecule has 3 N–H and O–H groups in total.